The third-order valence-electron chi connectivity index (χ3n) is 6.57. The number of hydrogen-bond donors (Lipinski definition) is 3. The van der Waals surface area contributed by atoms with Crippen LogP contribution in [0.25, 0.3) is 11.3 Å². The summed E-state index contributed by atoms with van der Waals surface area (Å²) in [5.41, 5.74) is 3.32. The monoisotopic (exact) mass is 553 g/mol. The van der Waals surface area contributed by atoms with Gasteiger partial charge in [0.1, 0.15) is 29.5 Å². The molecule has 0 bridgehead atoms. The molecule has 2 atom stereocenters. The van der Waals surface area contributed by atoms with Crippen LogP contribution in [0, 0.1) is 5.82 Å². The molecule has 3 N–H and O–H groups in total. The quantitative estimate of drug-likeness (QED) is 0.215. The molecular formula is C30H31F4N5O. The number of nitrogens with one attached hydrogen (secondary N) is 2. The summed E-state index contributed by atoms with van der Waals surface area (Å²) in [7, 11) is 0. The first kappa shape index (κ1) is 28.9. The minimum Gasteiger partial charge on any atom is -0.393 e. The van der Waals surface area contributed by atoms with Crippen LogP contribution in [0.15, 0.2) is 67.0 Å². The molecular weight excluding hydrogens is 522 g/mol. The van der Waals surface area contributed by atoms with Gasteiger partial charge in [-0.25, -0.2) is 19.3 Å². The second-order valence-electron chi connectivity index (χ2n) is 9.26. The number of hydrogen-bond acceptors (Lipinski definition) is 6. The van der Waals surface area contributed by atoms with Crippen molar-refractivity contribution in [1.29, 1.82) is 0 Å². The molecule has 0 aliphatic heterocycles. The lowest BCUT2D eigenvalue weighted by atomic mass is 9.88. The SMILES string of the molecule is CC.CC(Nc1nc(C(F)(F)F)ccc1-c1cc(Nc2cccc3c2CC(O)CC3)ncn1)c1ccc(F)cc1. The molecule has 0 amide bonds. The van der Waals surface area contributed by atoms with Crippen LogP contribution in [-0.2, 0) is 19.0 Å². The lowest BCUT2D eigenvalue weighted by Crippen LogP contribution is -2.19. The molecule has 0 radical (unpaired) electrons. The van der Waals surface area contributed by atoms with E-state index in [4.69, 9.17) is 0 Å². The third-order valence-corrected chi connectivity index (χ3v) is 6.57. The highest BCUT2D eigenvalue weighted by Gasteiger charge is 2.33. The van der Waals surface area contributed by atoms with Gasteiger partial charge in [-0.3, -0.25) is 0 Å². The molecule has 5 rings (SSSR count). The Morgan fingerprint density at radius 1 is 1.00 bits per heavy atom. The number of fused-ring (bicyclic) bond motifs is 1. The average Bonchev–Trinajstić information content (AvgIpc) is 2.94. The molecule has 2 heterocycles. The van der Waals surface area contributed by atoms with Gasteiger partial charge in [0.25, 0.3) is 0 Å². The Bertz CT molecular complexity index is 1440. The smallest absolute Gasteiger partial charge is 0.393 e. The zero-order valence-corrected chi connectivity index (χ0v) is 22.4. The van der Waals surface area contributed by atoms with Crippen molar-refractivity contribution in [2.45, 2.75) is 58.4 Å². The van der Waals surface area contributed by atoms with E-state index < -0.39 is 29.8 Å². The maximum Gasteiger partial charge on any atom is 0.433 e. The summed E-state index contributed by atoms with van der Waals surface area (Å²) >= 11 is 0. The van der Waals surface area contributed by atoms with Crippen molar-refractivity contribution in [3.8, 4) is 11.3 Å². The van der Waals surface area contributed by atoms with Gasteiger partial charge >= 0.3 is 6.18 Å². The molecule has 2 unspecified atom stereocenters. The molecule has 40 heavy (non-hydrogen) atoms. The molecule has 6 nitrogen and oxygen atoms in total. The fraction of sp³-hybridized carbons (Fsp3) is 0.300. The van der Waals surface area contributed by atoms with E-state index >= 15 is 0 Å². The minimum atomic E-state index is -4.64. The van der Waals surface area contributed by atoms with Gasteiger partial charge in [-0.15, -0.1) is 0 Å². The van der Waals surface area contributed by atoms with E-state index in [1.807, 2.05) is 32.0 Å². The van der Waals surface area contributed by atoms with E-state index in [0.717, 1.165) is 29.3 Å². The third kappa shape index (κ3) is 6.74. The van der Waals surface area contributed by atoms with E-state index in [1.54, 1.807) is 25.1 Å². The predicted octanol–water partition coefficient (Wildman–Crippen LogP) is 7.49. The van der Waals surface area contributed by atoms with E-state index in [9.17, 15) is 22.7 Å². The topological polar surface area (TPSA) is 83.0 Å². The Kier molecular flexibility index (Phi) is 8.99. The first-order chi connectivity index (χ1) is 19.2. The Hall–Kier alpha value is -4.05. The van der Waals surface area contributed by atoms with Gasteiger partial charge in [0.05, 0.1) is 11.8 Å². The van der Waals surface area contributed by atoms with Crippen molar-refractivity contribution >= 4 is 17.3 Å². The van der Waals surface area contributed by atoms with Crippen LogP contribution in [0.4, 0.5) is 34.9 Å². The van der Waals surface area contributed by atoms with Gasteiger partial charge < -0.3 is 15.7 Å². The van der Waals surface area contributed by atoms with Crippen LogP contribution >= 0.6 is 0 Å². The highest BCUT2D eigenvalue weighted by atomic mass is 19.4. The highest BCUT2D eigenvalue weighted by Crippen LogP contribution is 2.35. The van der Waals surface area contributed by atoms with E-state index in [0.29, 0.717) is 35.5 Å². The minimum absolute atomic E-state index is 0.0125. The van der Waals surface area contributed by atoms with Crippen LogP contribution < -0.4 is 10.6 Å². The second kappa shape index (κ2) is 12.4. The number of aliphatic hydroxyl groups excluding tert-OH is 1. The van der Waals surface area contributed by atoms with Gasteiger partial charge in [0.15, 0.2) is 0 Å². The number of nitrogens with zero attached hydrogens (tertiary/aromatic N) is 3. The molecule has 0 saturated carbocycles. The van der Waals surface area contributed by atoms with Crippen molar-refractivity contribution in [2.75, 3.05) is 10.6 Å². The summed E-state index contributed by atoms with van der Waals surface area (Å²) in [6.45, 7) is 5.75. The number of aryl methyl sites for hydroxylation is 1. The molecule has 4 aromatic rings. The highest BCUT2D eigenvalue weighted by molar-refractivity contribution is 5.75. The normalized spacial score (nSPS) is 15.3. The number of halogens is 4. The van der Waals surface area contributed by atoms with Gasteiger partial charge in [-0.05, 0) is 66.8 Å². The fourth-order valence-corrected chi connectivity index (χ4v) is 4.57. The molecule has 2 aromatic heterocycles. The second-order valence-corrected chi connectivity index (χ2v) is 9.26. The molecule has 1 aliphatic rings. The maximum atomic E-state index is 13.5. The zero-order chi connectivity index (χ0) is 28.9. The van der Waals surface area contributed by atoms with Crippen molar-refractivity contribution in [3.05, 3.63) is 95.2 Å². The Morgan fingerprint density at radius 3 is 2.48 bits per heavy atom. The largest absolute Gasteiger partial charge is 0.433 e. The van der Waals surface area contributed by atoms with Crippen molar-refractivity contribution < 1.29 is 22.7 Å². The number of alkyl halides is 3. The van der Waals surface area contributed by atoms with Crippen LogP contribution in [0.3, 0.4) is 0 Å². The standard InChI is InChI=1S/C28H25F4N5O.C2H6/c1-16(17-5-8-19(29)9-6-17)35-27-21(11-12-25(37-27)28(30,31)32)24-14-26(34-15-33-24)36-23-4-2-3-18-7-10-20(38)13-22(18)23;1-2/h2-6,8-9,11-12,14-16,20,38H,7,10,13H2,1H3,(H,35,37)(H,33,34,36);1-2H3. The maximum absolute atomic E-state index is 13.5. The Labute approximate surface area is 230 Å². The molecule has 0 fully saturated rings. The predicted molar refractivity (Wildman–Crippen MR) is 148 cm³/mol. The van der Waals surface area contributed by atoms with Crippen LogP contribution in [0.2, 0.25) is 0 Å². The Balaban J connectivity index is 0.00000181. The van der Waals surface area contributed by atoms with E-state index in [2.05, 4.69) is 25.6 Å². The van der Waals surface area contributed by atoms with Crippen LogP contribution in [0.5, 0.6) is 0 Å². The zero-order valence-electron chi connectivity index (χ0n) is 22.4. The van der Waals surface area contributed by atoms with Crippen LogP contribution in [0.1, 0.15) is 55.6 Å². The lowest BCUT2D eigenvalue weighted by Gasteiger charge is -2.23. The number of anilines is 3. The van der Waals surface area contributed by atoms with E-state index in [1.165, 1.54) is 24.5 Å². The molecule has 1 aliphatic carbocycles. The summed E-state index contributed by atoms with van der Waals surface area (Å²) in [6.07, 6.45) is -1.72. The number of rotatable bonds is 6. The molecule has 2 aromatic carbocycles. The first-order valence-corrected chi connectivity index (χ1v) is 13.2. The molecule has 210 valence electrons. The summed E-state index contributed by atoms with van der Waals surface area (Å²) in [5, 5.41) is 16.5. The first-order valence-electron chi connectivity index (χ1n) is 13.2. The lowest BCUT2D eigenvalue weighted by molar-refractivity contribution is -0.141. The Morgan fingerprint density at radius 2 is 1.75 bits per heavy atom. The molecule has 0 spiro atoms. The number of pyridine rings is 1. The van der Waals surface area contributed by atoms with Crippen molar-refractivity contribution in [1.82, 2.24) is 15.0 Å². The summed E-state index contributed by atoms with van der Waals surface area (Å²) in [5.74, 6) is 0.0245. The van der Waals surface area contributed by atoms with Crippen molar-refractivity contribution in [3.63, 3.8) is 0 Å². The summed E-state index contributed by atoms with van der Waals surface area (Å²) in [4.78, 5) is 12.4. The number of aromatic nitrogens is 3. The summed E-state index contributed by atoms with van der Waals surface area (Å²) in [6, 6.07) is 15.0. The summed E-state index contributed by atoms with van der Waals surface area (Å²) < 4.78 is 53.8. The van der Waals surface area contributed by atoms with Crippen LogP contribution in [-0.4, -0.2) is 26.2 Å². The van der Waals surface area contributed by atoms with Gasteiger partial charge in [-0.2, -0.15) is 13.2 Å². The average molecular weight is 554 g/mol. The molecule has 0 saturated heterocycles. The van der Waals surface area contributed by atoms with Gasteiger partial charge in [0.2, 0.25) is 0 Å². The van der Waals surface area contributed by atoms with Gasteiger partial charge in [-0.1, -0.05) is 38.1 Å². The number of benzene rings is 2. The fourth-order valence-electron chi connectivity index (χ4n) is 4.57. The number of aliphatic hydroxyl groups is 1. The van der Waals surface area contributed by atoms with E-state index in [-0.39, 0.29) is 5.82 Å². The molecule has 10 heteroatoms. The van der Waals surface area contributed by atoms with Gasteiger partial charge in [0, 0.05) is 29.8 Å². The van der Waals surface area contributed by atoms with Crippen molar-refractivity contribution in [2.24, 2.45) is 0 Å².